The Morgan fingerprint density at radius 1 is 1.10 bits per heavy atom. The van der Waals surface area contributed by atoms with Crippen molar-refractivity contribution in [2.75, 3.05) is 49.9 Å². The van der Waals surface area contributed by atoms with Crippen LogP contribution >= 0.6 is 23.1 Å². The molecule has 1 fully saturated rings. The second-order valence-corrected chi connectivity index (χ2v) is 10.0. The molecule has 31 heavy (non-hydrogen) atoms. The zero-order chi connectivity index (χ0) is 21.6. The molecular formula is C24H30N4OS2. The van der Waals surface area contributed by atoms with Crippen LogP contribution in [0.15, 0.2) is 47.4 Å². The number of nitrogens with zero attached hydrogens (tertiary/aromatic N) is 3. The van der Waals surface area contributed by atoms with Gasteiger partial charge in [0.25, 0.3) is 5.91 Å². The van der Waals surface area contributed by atoms with Crippen molar-refractivity contribution in [1.29, 1.82) is 0 Å². The standard InChI is InChI=1S/C24H30N4OS2/c1-3-18-5-10-21-22(17-18)31-24(26-21)28-15-13-27(14-16-28)12-11-25-23(29)19-6-8-20(9-7-19)30-4-2/h5-10,17H,3-4,11-16H2,1-2H3,(H,25,29). The maximum atomic E-state index is 12.4. The number of hydrogen-bond donors (Lipinski definition) is 1. The van der Waals surface area contributed by atoms with E-state index >= 15 is 0 Å². The summed E-state index contributed by atoms with van der Waals surface area (Å²) in [5.41, 5.74) is 3.20. The highest BCUT2D eigenvalue weighted by Gasteiger charge is 2.20. The fourth-order valence-corrected chi connectivity index (χ4v) is 5.52. The van der Waals surface area contributed by atoms with Gasteiger partial charge in [0, 0.05) is 49.7 Å². The molecule has 5 nitrogen and oxygen atoms in total. The molecule has 1 aliphatic heterocycles. The molecule has 0 spiro atoms. The van der Waals surface area contributed by atoms with Gasteiger partial charge in [0.05, 0.1) is 10.2 Å². The summed E-state index contributed by atoms with van der Waals surface area (Å²) in [7, 11) is 0. The number of aromatic nitrogens is 1. The Morgan fingerprint density at radius 2 is 1.87 bits per heavy atom. The summed E-state index contributed by atoms with van der Waals surface area (Å²) in [6.45, 7) is 9.81. The van der Waals surface area contributed by atoms with Crippen molar-refractivity contribution in [2.24, 2.45) is 0 Å². The molecule has 1 aliphatic rings. The number of rotatable bonds is 8. The number of hydrogen-bond acceptors (Lipinski definition) is 6. The fourth-order valence-electron chi connectivity index (χ4n) is 3.77. The number of amides is 1. The molecule has 4 rings (SSSR count). The van der Waals surface area contributed by atoms with Crippen molar-refractivity contribution >= 4 is 44.4 Å². The molecule has 0 bridgehead atoms. The van der Waals surface area contributed by atoms with Crippen LogP contribution in [0.4, 0.5) is 5.13 Å². The van der Waals surface area contributed by atoms with Crippen LogP contribution in [-0.4, -0.2) is 60.8 Å². The summed E-state index contributed by atoms with van der Waals surface area (Å²) in [5, 5.41) is 4.18. The first-order valence-corrected chi connectivity index (χ1v) is 12.8. The zero-order valence-electron chi connectivity index (χ0n) is 18.3. The maximum Gasteiger partial charge on any atom is 0.251 e. The minimum Gasteiger partial charge on any atom is -0.351 e. The number of aryl methyl sites for hydroxylation is 1. The summed E-state index contributed by atoms with van der Waals surface area (Å²) < 4.78 is 1.28. The predicted octanol–water partition coefficient (Wildman–Crippen LogP) is 4.52. The summed E-state index contributed by atoms with van der Waals surface area (Å²) in [6, 6.07) is 14.5. The number of benzene rings is 2. The molecule has 0 radical (unpaired) electrons. The second kappa shape index (κ2) is 10.5. The van der Waals surface area contributed by atoms with E-state index in [2.05, 4.69) is 47.2 Å². The maximum absolute atomic E-state index is 12.4. The monoisotopic (exact) mass is 454 g/mol. The van der Waals surface area contributed by atoms with E-state index in [0.717, 1.165) is 61.1 Å². The molecule has 0 atom stereocenters. The van der Waals surface area contributed by atoms with Crippen LogP contribution in [0.3, 0.4) is 0 Å². The van der Waals surface area contributed by atoms with Gasteiger partial charge in [0.2, 0.25) is 0 Å². The van der Waals surface area contributed by atoms with Crippen molar-refractivity contribution in [2.45, 2.75) is 25.2 Å². The van der Waals surface area contributed by atoms with Gasteiger partial charge in [-0.2, -0.15) is 0 Å². The molecule has 0 aliphatic carbocycles. The lowest BCUT2D eigenvalue weighted by Gasteiger charge is -2.34. The van der Waals surface area contributed by atoms with Crippen molar-refractivity contribution in [3.05, 3.63) is 53.6 Å². The molecule has 1 amide bonds. The molecule has 0 saturated carbocycles. The van der Waals surface area contributed by atoms with E-state index < -0.39 is 0 Å². The molecule has 0 unspecified atom stereocenters. The number of carbonyl (C=O) groups excluding carboxylic acids is 1. The van der Waals surface area contributed by atoms with E-state index in [-0.39, 0.29) is 5.91 Å². The molecule has 2 aromatic carbocycles. The summed E-state index contributed by atoms with van der Waals surface area (Å²) in [6.07, 6.45) is 1.06. The number of nitrogens with one attached hydrogen (secondary N) is 1. The molecule has 1 N–H and O–H groups in total. The van der Waals surface area contributed by atoms with Crippen LogP contribution < -0.4 is 10.2 Å². The Balaban J connectivity index is 1.22. The third kappa shape index (κ3) is 5.59. The molecule has 164 valence electrons. The number of thioether (sulfide) groups is 1. The summed E-state index contributed by atoms with van der Waals surface area (Å²) >= 11 is 3.58. The minimum absolute atomic E-state index is 0.00704. The Kier molecular flexibility index (Phi) is 7.48. The van der Waals surface area contributed by atoms with Crippen molar-refractivity contribution in [3.63, 3.8) is 0 Å². The van der Waals surface area contributed by atoms with Gasteiger partial charge >= 0.3 is 0 Å². The van der Waals surface area contributed by atoms with Gasteiger partial charge in [-0.25, -0.2) is 4.98 Å². The van der Waals surface area contributed by atoms with E-state index in [9.17, 15) is 4.79 Å². The molecule has 1 saturated heterocycles. The Labute approximate surface area is 192 Å². The van der Waals surface area contributed by atoms with Gasteiger partial charge in [-0.05, 0) is 54.1 Å². The van der Waals surface area contributed by atoms with Gasteiger partial charge in [-0.1, -0.05) is 31.3 Å². The lowest BCUT2D eigenvalue weighted by atomic mass is 10.2. The molecule has 3 aromatic rings. The van der Waals surface area contributed by atoms with Crippen molar-refractivity contribution in [1.82, 2.24) is 15.2 Å². The van der Waals surface area contributed by atoms with E-state index in [0.29, 0.717) is 6.54 Å². The first-order chi connectivity index (χ1) is 15.2. The molecule has 2 heterocycles. The van der Waals surface area contributed by atoms with Gasteiger partial charge < -0.3 is 10.2 Å². The van der Waals surface area contributed by atoms with Crippen molar-refractivity contribution in [3.8, 4) is 0 Å². The van der Waals surface area contributed by atoms with Gasteiger partial charge in [-0.3, -0.25) is 9.69 Å². The van der Waals surface area contributed by atoms with Crippen LogP contribution in [-0.2, 0) is 6.42 Å². The third-order valence-electron chi connectivity index (χ3n) is 5.63. The highest BCUT2D eigenvalue weighted by Crippen LogP contribution is 2.30. The van der Waals surface area contributed by atoms with Gasteiger partial charge in [0.15, 0.2) is 5.13 Å². The molecule has 7 heteroatoms. The zero-order valence-corrected chi connectivity index (χ0v) is 19.9. The van der Waals surface area contributed by atoms with Crippen LogP contribution in [0.25, 0.3) is 10.2 Å². The number of fused-ring (bicyclic) bond motifs is 1. The van der Waals surface area contributed by atoms with Crippen molar-refractivity contribution < 1.29 is 4.79 Å². The predicted molar refractivity (Wildman–Crippen MR) is 133 cm³/mol. The quantitative estimate of drug-likeness (QED) is 0.507. The number of carbonyl (C=O) groups is 1. The van der Waals surface area contributed by atoms with Crippen LogP contribution in [0.1, 0.15) is 29.8 Å². The number of anilines is 1. The average Bonchev–Trinajstić information content (AvgIpc) is 3.23. The highest BCUT2D eigenvalue weighted by atomic mass is 32.2. The first-order valence-electron chi connectivity index (χ1n) is 11.0. The van der Waals surface area contributed by atoms with Gasteiger partial charge in [-0.15, -0.1) is 11.8 Å². The number of piperazine rings is 1. The Hall–Kier alpha value is -2.09. The van der Waals surface area contributed by atoms with Crippen LogP contribution in [0, 0.1) is 0 Å². The van der Waals surface area contributed by atoms with E-state index in [1.807, 2.05) is 24.3 Å². The Morgan fingerprint density at radius 3 is 2.58 bits per heavy atom. The first kappa shape index (κ1) is 22.1. The molecule has 1 aromatic heterocycles. The average molecular weight is 455 g/mol. The molecular weight excluding hydrogens is 424 g/mol. The third-order valence-corrected chi connectivity index (χ3v) is 7.61. The minimum atomic E-state index is 0.00704. The number of thiazole rings is 1. The second-order valence-electron chi connectivity index (χ2n) is 7.69. The van der Waals surface area contributed by atoms with Crippen LogP contribution in [0.5, 0.6) is 0 Å². The lowest BCUT2D eigenvalue weighted by Crippen LogP contribution is -2.48. The highest BCUT2D eigenvalue weighted by molar-refractivity contribution is 7.99. The fraction of sp³-hybridized carbons (Fsp3) is 0.417. The topological polar surface area (TPSA) is 48.5 Å². The Bertz CT molecular complexity index is 1010. The normalized spacial score (nSPS) is 14.8. The summed E-state index contributed by atoms with van der Waals surface area (Å²) in [4.78, 5) is 23.2. The van der Waals surface area contributed by atoms with Gasteiger partial charge in [0.1, 0.15) is 0 Å². The van der Waals surface area contributed by atoms with E-state index in [1.165, 1.54) is 15.2 Å². The van der Waals surface area contributed by atoms with E-state index in [4.69, 9.17) is 4.98 Å². The largest absolute Gasteiger partial charge is 0.351 e. The summed E-state index contributed by atoms with van der Waals surface area (Å²) in [5.74, 6) is 1.05. The van der Waals surface area contributed by atoms with Crippen LogP contribution in [0.2, 0.25) is 0 Å². The lowest BCUT2D eigenvalue weighted by molar-refractivity contribution is 0.0947. The van der Waals surface area contributed by atoms with E-state index in [1.54, 1.807) is 23.1 Å². The SMILES string of the molecule is CCSc1ccc(C(=O)NCCN2CCN(c3nc4ccc(CC)cc4s3)CC2)cc1. The smallest absolute Gasteiger partial charge is 0.251 e.